The number of benzene rings is 1. The average molecular weight is 314 g/mol. The highest BCUT2D eigenvalue weighted by atomic mass is 79.9. The van der Waals surface area contributed by atoms with Crippen LogP contribution in [0.4, 0.5) is 0 Å². The van der Waals surface area contributed by atoms with E-state index in [1.807, 2.05) is 24.3 Å². The van der Waals surface area contributed by atoms with Gasteiger partial charge in [-0.3, -0.25) is 4.79 Å². The third-order valence-electron chi connectivity index (χ3n) is 3.75. The van der Waals surface area contributed by atoms with Gasteiger partial charge in [0.05, 0.1) is 5.41 Å². The highest BCUT2D eigenvalue weighted by Crippen LogP contribution is 2.52. The fraction of sp³-hybridized carbons (Fsp3) is 0.462. The molecule has 4 nitrogen and oxygen atoms in total. The molecule has 0 saturated heterocycles. The number of primary amides is 1. The first kappa shape index (κ1) is 13.5. The second kappa shape index (κ2) is 4.64. The van der Waals surface area contributed by atoms with E-state index in [9.17, 15) is 4.79 Å². The molecule has 2 N–H and O–H groups in total. The number of hydrogen-bond donors (Lipinski definition) is 1. The van der Waals surface area contributed by atoms with Crippen molar-refractivity contribution in [2.24, 2.45) is 5.73 Å². The van der Waals surface area contributed by atoms with E-state index in [2.05, 4.69) is 15.9 Å². The minimum Gasteiger partial charge on any atom is -0.369 e. The van der Waals surface area contributed by atoms with Crippen molar-refractivity contribution >= 4 is 21.8 Å². The Hall–Kier alpha value is -0.910. The summed E-state index contributed by atoms with van der Waals surface area (Å²) < 4.78 is 11.6. The fourth-order valence-corrected chi connectivity index (χ4v) is 2.79. The van der Waals surface area contributed by atoms with Gasteiger partial charge in [0.15, 0.2) is 5.79 Å². The van der Waals surface area contributed by atoms with Crippen LogP contribution in [0.1, 0.15) is 18.4 Å². The Labute approximate surface area is 115 Å². The van der Waals surface area contributed by atoms with Gasteiger partial charge in [-0.15, -0.1) is 0 Å². The minimum atomic E-state index is -0.692. The van der Waals surface area contributed by atoms with E-state index >= 15 is 0 Å². The van der Waals surface area contributed by atoms with Crippen molar-refractivity contribution < 1.29 is 14.3 Å². The van der Waals surface area contributed by atoms with Crippen LogP contribution in [0.3, 0.4) is 0 Å². The van der Waals surface area contributed by atoms with Gasteiger partial charge in [-0.05, 0) is 17.7 Å². The summed E-state index contributed by atoms with van der Waals surface area (Å²) in [5.74, 6) is -1.03. The summed E-state index contributed by atoms with van der Waals surface area (Å²) in [5, 5.41) is 0. The molecule has 1 aliphatic carbocycles. The lowest BCUT2D eigenvalue weighted by atomic mass is 9.60. The maximum atomic E-state index is 11.8. The Kier molecular flexibility index (Phi) is 3.49. The van der Waals surface area contributed by atoms with Crippen molar-refractivity contribution in [2.75, 3.05) is 14.2 Å². The fourth-order valence-electron chi connectivity index (χ4n) is 2.53. The van der Waals surface area contributed by atoms with Gasteiger partial charge in [0.1, 0.15) is 0 Å². The van der Waals surface area contributed by atoms with E-state index in [0.717, 1.165) is 10.0 Å². The zero-order chi connectivity index (χ0) is 13.4. The number of halogens is 1. The number of ether oxygens (including phenoxy) is 2. The third-order valence-corrected chi connectivity index (χ3v) is 4.28. The van der Waals surface area contributed by atoms with Crippen LogP contribution < -0.4 is 5.73 Å². The predicted octanol–water partition coefficient (Wildman–Crippen LogP) is 1.96. The Morgan fingerprint density at radius 3 is 2.11 bits per heavy atom. The van der Waals surface area contributed by atoms with E-state index in [-0.39, 0.29) is 5.91 Å². The SMILES string of the molecule is COC1(OC)CC(C(N)=O)(c2ccc(Br)cc2)C1. The number of methoxy groups -OCH3 is 2. The monoisotopic (exact) mass is 313 g/mol. The molecule has 0 unspecified atom stereocenters. The van der Waals surface area contributed by atoms with E-state index in [0.29, 0.717) is 12.8 Å². The van der Waals surface area contributed by atoms with Crippen LogP contribution in [0.15, 0.2) is 28.7 Å². The van der Waals surface area contributed by atoms with Crippen molar-refractivity contribution in [2.45, 2.75) is 24.0 Å². The van der Waals surface area contributed by atoms with Crippen molar-refractivity contribution in [3.63, 3.8) is 0 Å². The Morgan fingerprint density at radius 2 is 1.72 bits per heavy atom. The molecular weight excluding hydrogens is 298 g/mol. The topological polar surface area (TPSA) is 61.6 Å². The molecule has 1 aromatic carbocycles. The standard InChI is InChI=1S/C13H16BrNO3/c1-17-13(18-2)7-12(8-13,11(15)16)9-3-5-10(14)6-4-9/h3-6H,7-8H2,1-2H3,(H2,15,16). The van der Waals surface area contributed by atoms with Crippen LogP contribution in [0.2, 0.25) is 0 Å². The van der Waals surface area contributed by atoms with Gasteiger partial charge in [0.2, 0.25) is 5.91 Å². The quantitative estimate of drug-likeness (QED) is 0.864. The van der Waals surface area contributed by atoms with Crippen LogP contribution in [0, 0.1) is 0 Å². The molecule has 0 aromatic heterocycles. The van der Waals surface area contributed by atoms with Crippen molar-refractivity contribution in [3.8, 4) is 0 Å². The smallest absolute Gasteiger partial charge is 0.228 e. The molecule has 0 aliphatic heterocycles. The lowest BCUT2D eigenvalue weighted by Gasteiger charge is -2.52. The first-order valence-electron chi connectivity index (χ1n) is 5.64. The summed E-state index contributed by atoms with van der Waals surface area (Å²) in [6.07, 6.45) is 0.897. The van der Waals surface area contributed by atoms with Gasteiger partial charge in [-0.2, -0.15) is 0 Å². The van der Waals surface area contributed by atoms with E-state index in [1.54, 1.807) is 14.2 Å². The number of carbonyl (C=O) groups excluding carboxylic acids is 1. The van der Waals surface area contributed by atoms with Gasteiger partial charge in [-0.1, -0.05) is 28.1 Å². The van der Waals surface area contributed by atoms with Crippen molar-refractivity contribution in [1.29, 1.82) is 0 Å². The van der Waals surface area contributed by atoms with Gasteiger partial charge >= 0.3 is 0 Å². The summed E-state index contributed by atoms with van der Waals surface area (Å²) in [7, 11) is 3.16. The molecular formula is C13H16BrNO3. The molecule has 0 heterocycles. The Bertz CT molecular complexity index is 446. The van der Waals surface area contributed by atoms with Crippen molar-refractivity contribution in [1.82, 2.24) is 0 Å². The van der Waals surface area contributed by atoms with Gasteiger partial charge < -0.3 is 15.2 Å². The molecule has 0 spiro atoms. The molecule has 0 bridgehead atoms. The predicted molar refractivity (Wildman–Crippen MR) is 71.0 cm³/mol. The number of nitrogens with two attached hydrogens (primary N) is 1. The molecule has 2 rings (SSSR count). The van der Waals surface area contributed by atoms with E-state index in [1.165, 1.54) is 0 Å². The molecule has 1 aromatic rings. The first-order valence-corrected chi connectivity index (χ1v) is 6.44. The first-order chi connectivity index (χ1) is 8.48. The summed E-state index contributed by atoms with van der Waals surface area (Å²) in [6.45, 7) is 0. The van der Waals surface area contributed by atoms with Gasteiger partial charge in [-0.25, -0.2) is 0 Å². The Balaban J connectivity index is 2.32. The molecule has 1 aliphatic rings. The molecule has 0 atom stereocenters. The molecule has 1 saturated carbocycles. The average Bonchev–Trinajstić information content (AvgIpc) is 2.31. The summed E-state index contributed by atoms with van der Waals surface area (Å²) >= 11 is 3.37. The molecule has 18 heavy (non-hydrogen) atoms. The highest BCUT2D eigenvalue weighted by molar-refractivity contribution is 9.10. The zero-order valence-corrected chi connectivity index (χ0v) is 12.0. The molecule has 98 valence electrons. The molecule has 1 amide bonds. The van der Waals surface area contributed by atoms with E-state index < -0.39 is 11.2 Å². The number of amides is 1. The zero-order valence-electron chi connectivity index (χ0n) is 10.4. The summed E-state index contributed by atoms with van der Waals surface area (Å²) in [6, 6.07) is 7.62. The summed E-state index contributed by atoms with van der Waals surface area (Å²) in [4.78, 5) is 11.8. The normalized spacial score (nSPS) is 20.2. The number of carbonyl (C=O) groups is 1. The van der Waals surface area contributed by atoms with Crippen LogP contribution in [-0.4, -0.2) is 25.9 Å². The second-order valence-corrected chi connectivity index (χ2v) is 5.54. The van der Waals surface area contributed by atoms with Gasteiger partial charge in [0.25, 0.3) is 0 Å². The van der Waals surface area contributed by atoms with Gasteiger partial charge in [0, 0.05) is 31.5 Å². The van der Waals surface area contributed by atoms with Crippen LogP contribution in [0.5, 0.6) is 0 Å². The molecule has 0 radical (unpaired) electrons. The van der Waals surface area contributed by atoms with Crippen LogP contribution in [-0.2, 0) is 19.7 Å². The maximum absolute atomic E-state index is 11.8. The largest absolute Gasteiger partial charge is 0.369 e. The van der Waals surface area contributed by atoms with Crippen molar-refractivity contribution in [3.05, 3.63) is 34.3 Å². The molecule has 5 heteroatoms. The Morgan fingerprint density at radius 1 is 1.22 bits per heavy atom. The summed E-state index contributed by atoms with van der Waals surface area (Å²) in [5.41, 5.74) is 5.79. The third kappa shape index (κ3) is 1.96. The molecule has 1 fully saturated rings. The lowest BCUT2D eigenvalue weighted by Crippen LogP contribution is -2.62. The maximum Gasteiger partial charge on any atom is 0.228 e. The van der Waals surface area contributed by atoms with Crippen LogP contribution in [0.25, 0.3) is 0 Å². The lowest BCUT2D eigenvalue weighted by molar-refractivity contribution is -0.274. The van der Waals surface area contributed by atoms with Crippen LogP contribution >= 0.6 is 15.9 Å². The highest BCUT2D eigenvalue weighted by Gasteiger charge is 2.60. The van der Waals surface area contributed by atoms with E-state index in [4.69, 9.17) is 15.2 Å². The number of hydrogen-bond acceptors (Lipinski definition) is 3. The second-order valence-electron chi connectivity index (χ2n) is 4.63. The minimum absolute atomic E-state index is 0.338. The number of rotatable bonds is 4.